The Labute approximate surface area is 166 Å². The molecular formula is C17H22FN2O8P. The lowest BCUT2D eigenvalue weighted by Gasteiger charge is -2.24. The van der Waals surface area contributed by atoms with Crippen LogP contribution in [0.4, 0.5) is 4.39 Å². The van der Waals surface area contributed by atoms with Crippen molar-refractivity contribution in [1.29, 1.82) is 0 Å². The Bertz CT molecular complexity index is 919. The highest BCUT2D eigenvalue weighted by Crippen LogP contribution is 2.47. The first kappa shape index (κ1) is 23.1. The molecule has 0 fully saturated rings. The fraction of sp³-hybridized carbons (Fsp3) is 0.412. The number of methoxy groups -OCH3 is 1. The molecule has 0 spiro atoms. The van der Waals surface area contributed by atoms with Crippen LogP contribution in [0.5, 0.6) is 5.75 Å². The summed E-state index contributed by atoms with van der Waals surface area (Å²) in [5, 5.41) is 17.6. The molecular weight excluding hydrogens is 410 g/mol. The number of hydrogen-bond acceptors (Lipinski definition) is 8. The van der Waals surface area contributed by atoms with E-state index in [9.17, 15) is 14.0 Å². The molecule has 1 aliphatic heterocycles. The van der Waals surface area contributed by atoms with E-state index in [-0.39, 0.29) is 19.8 Å². The molecule has 0 saturated carbocycles. The van der Waals surface area contributed by atoms with Crippen molar-refractivity contribution in [3.05, 3.63) is 62.2 Å². The lowest BCUT2D eigenvalue weighted by atomic mass is 10.1. The van der Waals surface area contributed by atoms with Gasteiger partial charge in [0.15, 0.2) is 13.1 Å². The third-order valence-electron chi connectivity index (χ3n) is 3.80. The molecule has 0 radical (unpaired) electrons. The summed E-state index contributed by atoms with van der Waals surface area (Å²) in [6, 6.07) is 5.88. The highest BCUT2D eigenvalue weighted by atomic mass is 31.2. The fourth-order valence-electron chi connectivity index (χ4n) is 2.31. The van der Waals surface area contributed by atoms with Crippen molar-refractivity contribution in [3.63, 3.8) is 0 Å². The Morgan fingerprint density at radius 2 is 2.17 bits per heavy atom. The lowest BCUT2D eigenvalue weighted by molar-refractivity contribution is -0.0804. The lowest BCUT2D eigenvalue weighted by Crippen LogP contribution is -2.32. The Kier molecular flexibility index (Phi) is 8.90. The zero-order valence-corrected chi connectivity index (χ0v) is 16.7. The monoisotopic (exact) mass is 432 g/mol. The van der Waals surface area contributed by atoms with Gasteiger partial charge in [-0.3, -0.25) is 23.4 Å². The summed E-state index contributed by atoms with van der Waals surface area (Å²) in [7, 11) is -0.118. The number of para-hydroxylation sites is 1. The number of H-pyrrole nitrogens is 1. The molecule has 0 saturated heterocycles. The average Bonchev–Trinajstić information content (AvgIpc) is 2.71. The van der Waals surface area contributed by atoms with Crippen molar-refractivity contribution >= 4 is 8.60 Å². The number of aromatic amines is 1. The molecule has 160 valence electrons. The first-order chi connectivity index (χ1) is 13.8. The number of ether oxygens (including phenoxy) is 1. The van der Waals surface area contributed by atoms with Gasteiger partial charge < -0.3 is 19.5 Å². The minimum atomic E-state index is -1.42. The van der Waals surface area contributed by atoms with Gasteiger partial charge in [0, 0.05) is 25.6 Å². The topological polar surface area (TPSA) is 132 Å². The molecule has 3 rings (SSSR count). The van der Waals surface area contributed by atoms with Gasteiger partial charge in [-0.2, -0.15) is 4.39 Å². The largest absolute Gasteiger partial charge is 0.426 e. The van der Waals surface area contributed by atoms with Crippen molar-refractivity contribution in [3.8, 4) is 5.75 Å². The van der Waals surface area contributed by atoms with Crippen LogP contribution in [-0.2, 0) is 26.9 Å². The van der Waals surface area contributed by atoms with Crippen LogP contribution >= 0.6 is 8.60 Å². The van der Waals surface area contributed by atoms with E-state index >= 15 is 0 Å². The molecule has 2 atom stereocenters. The van der Waals surface area contributed by atoms with E-state index in [0.717, 1.165) is 27.6 Å². The maximum atomic E-state index is 12.8. The van der Waals surface area contributed by atoms with Crippen molar-refractivity contribution in [2.45, 2.75) is 32.8 Å². The van der Waals surface area contributed by atoms with E-state index < -0.39 is 32.0 Å². The van der Waals surface area contributed by atoms with Crippen molar-refractivity contribution in [2.24, 2.45) is 0 Å². The summed E-state index contributed by atoms with van der Waals surface area (Å²) < 4.78 is 33.9. The minimum Gasteiger partial charge on any atom is -0.426 e. The van der Waals surface area contributed by atoms with Gasteiger partial charge in [-0.05, 0) is 12.5 Å². The summed E-state index contributed by atoms with van der Waals surface area (Å²) in [4.78, 5) is 23.6. The van der Waals surface area contributed by atoms with Gasteiger partial charge in [-0.15, -0.1) is 0 Å². The smallest absolute Gasteiger partial charge is 0.399 e. The number of rotatable bonds is 6. The standard InChI is InChI=1S/C9H11O4P.C8H11FN2O4/c1-7-3-2-4-8-5-11-14(12-6-10)13-9(7)8;1-15-6(12)2-3-11-4-5(9)7(13)10-8(11)14/h2-4,10H,5-6H2,1H3;4,6,12H,2-3H2,1H3,(H,10,13,14)/t;6-/m.0/s1. The van der Waals surface area contributed by atoms with Crippen LogP contribution < -0.4 is 15.8 Å². The van der Waals surface area contributed by atoms with Crippen LogP contribution in [0.25, 0.3) is 0 Å². The normalized spacial score (nSPS) is 16.2. The zero-order valence-electron chi connectivity index (χ0n) is 15.8. The van der Waals surface area contributed by atoms with E-state index in [1.54, 1.807) is 4.98 Å². The van der Waals surface area contributed by atoms with Crippen molar-refractivity contribution in [2.75, 3.05) is 13.9 Å². The molecule has 1 aliphatic rings. The molecule has 2 heterocycles. The van der Waals surface area contributed by atoms with Gasteiger partial charge in [0.2, 0.25) is 5.82 Å². The zero-order chi connectivity index (χ0) is 21.4. The number of nitrogens with one attached hydrogen (secondary N) is 1. The van der Waals surface area contributed by atoms with Gasteiger partial charge in [0.1, 0.15) is 5.75 Å². The summed E-state index contributed by atoms with van der Waals surface area (Å²) in [5.41, 5.74) is 0.304. The Morgan fingerprint density at radius 3 is 2.86 bits per heavy atom. The number of aliphatic hydroxyl groups is 2. The molecule has 3 N–H and O–H groups in total. The third-order valence-corrected chi connectivity index (χ3v) is 4.80. The molecule has 1 aromatic heterocycles. The van der Waals surface area contributed by atoms with E-state index in [1.165, 1.54) is 7.11 Å². The molecule has 10 nitrogen and oxygen atoms in total. The van der Waals surface area contributed by atoms with E-state index in [2.05, 4.69) is 4.74 Å². The summed E-state index contributed by atoms with van der Waals surface area (Å²) >= 11 is 0. The number of fused-ring (bicyclic) bond motifs is 1. The summed E-state index contributed by atoms with van der Waals surface area (Å²) in [6.07, 6.45) is -0.0993. The summed E-state index contributed by atoms with van der Waals surface area (Å²) in [6.45, 7) is 2.12. The van der Waals surface area contributed by atoms with Gasteiger partial charge in [-0.25, -0.2) is 4.79 Å². The molecule has 12 heteroatoms. The second kappa shape index (κ2) is 11.1. The molecule has 29 heavy (non-hydrogen) atoms. The van der Waals surface area contributed by atoms with Crippen LogP contribution in [-0.4, -0.2) is 40.0 Å². The predicted molar refractivity (Wildman–Crippen MR) is 101 cm³/mol. The second-order valence-electron chi connectivity index (χ2n) is 5.82. The highest BCUT2D eigenvalue weighted by molar-refractivity contribution is 7.42. The molecule has 2 aromatic rings. The third kappa shape index (κ3) is 6.70. The van der Waals surface area contributed by atoms with Gasteiger partial charge in [0.05, 0.1) is 12.8 Å². The van der Waals surface area contributed by atoms with Crippen LogP contribution in [0, 0.1) is 12.7 Å². The number of benzene rings is 1. The molecule has 0 amide bonds. The number of nitrogens with zero attached hydrogens (tertiary/aromatic N) is 1. The fourth-order valence-corrected chi connectivity index (χ4v) is 3.24. The average molecular weight is 432 g/mol. The molecule has 0 bridgehead atoms. The van der Waals surface area contributed by atoms with E-state index in [4.69, 9.17) is 23.8 Å². The molecule has 1 unspecified atom stereocenters. The number of aryl methyl sites for hydroxylation is 2. The van der Waals surface area contributed by atoms with Gasteiger partial charge in [0.25, 0.3) is 5.56 Å². The van der Waals surface area contributed by atoms with Crippen molar-refractivity contribution in [1.82, 2.24) is 9.55 Å². The highest BCUT2D eigenvalue weighted by Gasteiger charge is 2.23. The SMILES string of the molecule is CO[C@H](O)CCn1cc(F)c(=O)[nH]c1=O.Cc1cccc2c1OP(OCO)OC2. The quantitative estimate of drug-likeness (QED) is 0.457. The van der Waals surface area contributed by atoms with Gasteiger partial charge in [-0.1, -0.05) is 18.2 Å². The van der Waals surface area contributed by atoms with E-state index in [0.29, 0.717) is 6.61 Å². The maximum Gasteiger partial charge on any atom is 0.399 e. The second-order valence-corrected chi connectivity index (χ2v) is 6.96. The van der Waals surface area contributed by atoms with Crippen LogP contribution in [0.3, 0.4) is 0 Å². The van der Waals surface area contributed by atoms with Gasteiger partial charge >= 0.3 is 14.3 Å². The number of aromatic nitrogens is 2. The Morgan fingerprint density at radius 1 is 1.41 bits per heavy atom. The van der Waals surface area contributed by atoms with E-state index in [1.807, 2.05) is 25.1 Å². The predicted octanol–water partition coefficient (Wildman–Crippen LogP) is 1.13. The number of aliphatic hydroxyl groups excluding tert-OH is 2. The number of halogens is 1. The first-order valence-corrected chi connectivity index (χ1v) is 9.58. The Hall–Kier alpha value is -2.14. The Balaban J connectivity index is 0.000000207. The van der Waals surface area contributed by atoms with Crippen molar-refractivity contribution < 1.29 is 32.9 Å². The minimum absolute atomic E-state index is 0.0571. The summed E-state index contributed by atoms with van der Waals surface area (Å²) in [5.74, 6) is -0.222. The van der Waals surface area contributed by atoms with Crippen LogP contribution in [0.2, 0.25) is 0 Å². The maximum absolute atomic E-state index is 12.8. The molecule has 1 aromatic carbocycles. The van der Waals surface area contributed by atoms with Crippen LogP contribution in [0.15, 0.2) is 34.0 Å². The molecule has 0 aliphatic carbocycles. The first-order valence-electron chi connectivity index (χ1n) is 8.49. The van der Waals surface area contributed by atoms with Crippen LogP contribution in [0.1, 0.15) is 17.5 Å². The number of hydrogen-bond donors (Lipinski definition) is 3.